The first-order chi connectivity index (χ1) is 17.5. The van der Waals surface area contributed by atoms with E-state index in [9.17, 15) is 14.0 Å². The van der Waals surface area contributed by atoms with E-state index in [-0.39, 0.29) is 5.56 Å². The molecule has 0 bridgehead atoms. The Balaban J connectivity index is 1.86. The summed E-state index contributed by atoms with van der Waals surface area (Å²) in [4.78, 5) is 27.5. The Hall–Kier alpha value is -3.13. The van der Waals surface area contributed by atoms with Gasteiger partial charge in [-0.3, -0.25) is 9.59 Å². The van der Waals surface area contributed by atoms with Crippen molar-refractivity contribution in [2.24, 2.45) is 0 Å². The van der Waals surface area contributed by atoms with Crippen molar-refractivity contribution in [3.05, 3.63) is 47.5 Å². The second-order valence-corrected chi connectivity index (χ2v) is 10.1. The highest BCUT2D eigenvalue weighted by Crippen LogP contribution is 2.42. The van der Waals surface area contributed by atoms with Crippen LogP contribution in [0.5, 0.6) is 11.5 Å². The lowest BCUT2D eigenvalue weighted by Gasteiger charge is -2.34. The van der Waals surface area contributed by atoms with Crippen LogP contribution in [0.25, 0.3) is 11.1 Å². The molecular weight excluding hydrogens is 475 g/mol. The number of likely N-dealkylation sites (N-methyl/N-ethyl adjacent to an activating group) is 1. The molecule has 202 valence electrons. The third-order valence-electron chi connectivity index (χ3n) is 6.52. The Kier molecular flexibility index (Phi) is 9.54. The average Bonchev–Trinajstić information content (AvgIpc) is 2.84. The van der Waals surface area contributed by atoms with Crippen LogP contribution in [-0.2, 0) is 4.79 Å². The molecule has 37 heavy (non-hydrogen) atoms. The van der Waals surface area contributed by atoms with Crippen LogP contribution in [-0.4, -0.2) is 78.9 Å². The number of hydrogen-bond donors (Lipinski definition) is 1. The van der Waals surface area contributed by atoms with E-state index in [1.54, 1.807) is 19.9 Å². The van der Waals surface area contributed by atoms with Crippen molar-refractivity contribution in [3.63, 3.8) is 0 Å². The number of ether oxygens (including phenoxy) is 2. The quantitative estimate of drug-likeness (QED) is 0.442. The smallest absolute Gasteiger partial charge is 0.323 e. The third-order valence-corrected chi connectivity index (χ3v) is 6.52. The predicted molar refractivity (Wildman–Crippen MR) is 142 cm³/mol. The van der Waals surface area contributed by atoms with Gasteiger partial charge in [0, 0.05) is 19.2 Å². The average molecular weight is 515 g/mol. The summed E-state index contributed by atoms with van der Waals surface area (Å²) in [7, 11) is 1.45. The number of aliphatic carboxylic acids is 1. The first-order valence-corrected chi connectivity index (χ1v) is 13.0. The van der Waals surface area contributed by atoms with Gasteiger partial charge in [0.25, 0.3) is 5.91 Å². The van der Waals surface area contributed by atoms with Crippen LogP contribution >= 0.6 is 0 Å². The minimum atomic E-state index is -1.18. The number of hydrogen-bond acceptors (Lipinski definition) is 5. The molecule has 7 nitrogen and oxygen atoms in total. The molecule has 0 radical (unpaired) electrons. The molecule has 0 unspecified atom stereocenters. The van der Waals surface area contributed by atoms with Crippen molar-refractivity contribution in [2.45, 2.75) is 52.1 Å². The molecule has 0 atom stereocenters. The maximum Gasteiger partial charge on any atom is 0.323 e. The van der Waals surface area contributed by atoms with E-state index in [1.165, 1.54) is 12.6 Å². The molecule has 1 saturated heterocycles. The van der Waals surface area contributed by atoms with Crippen LogP contribution in [0.15, 0.2) is 36.4 Å². The number of nitrogens with zero attached hydrogens (tertiary/aromatic N) is 2. The number of piperidine rings is 1. The number of halogens is 1. The summed E-state index contributed by atoms with van der Waals surface area (Å²) in [5.41, 5.74) is 2.07. The predicted octanol–water partition coefficient (Wildman–Crippen LogP) is 5.24. The number of carboxylic acid groups (broad SMARTS) is 1. The molecule has 0 spiro atoms. The highest BCUT2D eigenvalue weighted by Gasteiger charge is 2.27. The fraction of sp³-hybridized carbons (Fsp3) is 0.517. The van der Waals surface area contributed by atoms with E-state index in [0.29, 0.717) is 37.2 Å². The van der Waals surface area contributed by atoms with Gasteiger partial charge in [0.1, 0.15) is 12.2 Å². The fourth-order valence-electron chi connectivity index (χ4n) is 4.90. The van der Waals surface area contributed by atoms with Gasteiger partial charge in [-0.25, -0.2) is 4.39 Å². The Bertz CT molecular complexity index is 1070. The minimum absolute atomic E-state index is 0.262. The fourth-order valence-corrected chi connectivity index (χ4v) is 4.90. The normalized spacial score (nSPS) is 14.9. The maximum absolute atomic E-state index is 14.0. The van der Waals surface area contributed by atoms with E-state index in [2.05, 4.69) is 29.2 Å². The van der Waals surface area contributed by atoms with Gasteiger partial charge in [0.2, 0.25) is 0 Å². The number of likely N-dealkylation sites (tertiary alicyclic amines) is 1. The number of carbonyl (C=O) groups is 2. The number of benzene rings is 2. The Morgan fingerprint density at radius 3 is 2.16 bits per heavy atom. The van der Waals surface area contributed by atoms with Crippen LogP contribution in [0.3, 0.4) is 0 Å². The molecule has 0 saturated carbocycles. The van der Waals surface area contributed by atoms with Crippen molar-refractivity contribution in [1.29, 1.82) is 0 Å². The second-order valence-electron chi connectivity index (χ2n) is 10.1. The molecule has 8 heteroatoms. The summed E-state index contributed by atoms with van der Waals surface area (Å²) in [5, 5.41) is 9.09. The zero-order chi connectivity index (χ0) is 27.2. The van der Waals surface area contributed by atoms with Crippen molar-refractivity contribution in [1.82, 2.24) is 9.80 Å². The molecule has 2 aromatic rings. The molecule has 1 aliphatic rings. The first kappa shape index (κ1) is 28.4. The van der Waals surface area contributed by atoms with Gasteiger partial charge in [-0.05, 0) is 82.8 Å². The second kappa shape index (κ2) is 12.4. The highest BCUT2D eigenvalue weighted by molar-refractivity contribution is 6.00. The molecular formula is C29H39FN2O5. The van der Waals surface area contributed by atoms with Crippen molar-refractivity contribution >= 4 is 11.9 Å². The van der Waals surface area contributed by atoms with Gasteiger partial charge in [0.15, 0.2) is 11.5 Å². The summed E-state index contributed by atoms with van der Waals surface area (Å²) in [6.07, 6.45) is 1.99. The van der Waals surface area contributed by atoms with E-state index >= 15 is 0 Å². The first-order valence-electron chi connectivity index (χ1n) is 13.0. The van der Waals surface area contributed by atoms with Gasteiger partial charge in [-0.15, -0.1) is 0 Å². The Morgan fingerprint density at radius 2 is 1.62 bits per heavy atom. The summed E-state index contributed by atoms with van der Waals surface area (Å²) in [6.45, 7) is 9.47. The maximum atomic E-state index is 14.0. The number of amides is 1. The van der Waals surface area contributed by atoms with Crippen LogP contribution in [0.1, 0.15) is 62.4 Å². The summed E-state index contributed by atoms with van der Waals surface area (Å²) in [6, 6.07) is 11.9. The molecule has 0 aromatic heterocycles. The Labute approximate surface area is 219 Å². The van der Waals surface area contributed by atoms with E-state index < -0.39 is 24.1 Å². The molecule has 1 aliphatic heterocycles. The summed E-state index contributed by atoms with van der Waals surface area (Å²) in [5.74, 6) is -0.322. The molecule has 1 heterocycles. The van der Waals surface area contributed by atoms with Gasteiger partial charge in [-0.2, -0.15) is 0 Å². The number of alkyl halides is 1. The van der Waals surface area contributed by atoms with Crippen LogP contribution in [0.2, 0.25) is 0 Å². The topological polar surface area (TPSA) is 79.3 Å². The van der Waals surface area contributed by atoms with Crippen molar-refractivity contribution in [2.75, 3.05) is 46.4 Å². The molecule has 1 fully saturated rings. The molecule has 0 aliphatic carbocycles. The Morgan fingerprint density at radius 1 is 1.03 bits per heavy atom. The molecule has 2 aromatic carbocycles. The van der Waals surface area contributed by atoms with Gasteiger partial charge >= 0.3 is 5.97 Å². The SMILES string of the molecule is CCOc1c(C(=O)N(C)CC(=O)O)ccc(-c2ccc(C3CCN(CC(C)(C)F)CC3)cc2)c1OCC. The van der Waals surface area contributed by atoms with Crippen LogP contribution < -0.4 is 9.47 Å². The largest absolute Gasteiger partial charge is 0.489 e. The minimum Gasteiger partial charge on any atom is -0.489 e. The van der Waals surface area contributed by atoms with Crippen molar-refractivity contribution in [3.8, 4) is 22.6 Å². The van der Waals surface area contributed by atoms with E-state index in [0.717, 1.165) is 42.0 Å². The number of carbonyl (C=O) groups excluding carboxylic acids is 1. The molecule has 1 N–H and O–H groups in total. The summed E-state index contributed by atoms with van der Waals surface area (Å²) >= 11 is 0. The molecule has 1 amide bonds. The summed E-state index contributed by atoms with van der Waals surface area (Å²) < 4.78 is 25.9. The lowest BCUT2D eigenvalue weighted by Crippen LogP contribution is -2.40. The highest BCUT2D eigenvalue weighted by atomic mass is 19.1. The van der Waals surface area contributed by atoms with Crippen molar-refractivity contribution < 1.29 is 28.6 Å². The zero-order valence-corrected chi connectivity index (χ0v) is 22.6. The third kappa shape index (κ3) is 7.44. The zero-order valence-electron chi connectivity index (χ0n) is 22.6. The van der Waals surface area contributed by atoms with Gasteiger partial charge in [0.05, 0.1) is 18.8 Å². The monoisotopic (exact) mass is 514 g/mol. The van der Waals surface area contributed by atoms with Crippen LogP contribution in [0.4, 0.5) is 4.39 Å². The lowest BCUT2D eigenvalue weighted by atomic mass is 9.88. The van der Waals surface area contributed by atoms with E-state index in [4.69, 9.17) is 14.6 Å². The van der Waals surface area contributed by atoms with Gasteiger partial charge in [-0.1, -0.05) is 24.3 Å². The molecule has 3 rings (SSSR count). The van der Waals surface area contributed by atoms with Crippen LogP contribution in [0, 0.1) is 0 Å². The standard InChI is InChI=1S/C29H39FN2O5/c1-6-36-26-23(12-13-24(27(26)37-7-2)28(35)31(5)18-25(33)34)22-10-8-20(9-11-22)21-14-16-32(17-15-21)19-29(3,4)30/h8-13,21H,6-7,14-19H2,1-5H3,(H,33,34). The van der Waals surface area contributed by atoms with Gasteiger partial charge < -0.3 is 24.4 Å². The van der Waals surface area contributed by atoms with E-state index in [1.807, 2.05) is 19.9 Å². The lowest BCUT2D eigenvalue weighted by molar-refractivity contribution is -0.137. The number of rotatable bonds is 11. The number of carboxylic acids is 1.